The van der Waals surface area contributed by atoms with Crippen LogP contribution in [0.15, 0.2) is 42.7 Å². The highest BCUT2D eigenvalue weighted by Crippen LogP contribution is 2.36. The minimum atomic E-state index is -0.665. The van der Waals surface area contributed by atoms with Crippen molar-refractivity contribution in [3.63, 3.8) is 0 Å². The van der Waals surface area contributed by atoms with Gasteiger partial charge in [-0.3, -0.25) is 9.89 Å². The molecule has 2 aromatic carbocycles. The molecule has 10 heteroatoms. The van der Waals surface area contributed by atoms with Crippen LogP contribution in [-0.2, 0) is 17.6 Å². The van der Waals surface area contributed by atoms with E-state index in [9.17, 15) is 18.4 Å². The average molecular weight is 461 g/mol. The van der Waals surface area contributed by atoms with Gasteiger partial charge in [0, 0.05) is 29.4 Å². The number of aromatic amines is 1. The Hall–Kier alpha value is -3.46. The molecule has 4 rings (SSSR count). The van der Waals surface area contributed by atoms with Crippen LogP contribution in [0, 0.1) is 11.6 Å². The summed E-state index contributed by atoms with van der Waals surface area (Å²) in [5, 5.41) is 11.7. The molecule has 1 heterocycles. The third kappa shape index (κ3) is 4.72. The molecule has 0 saturated carbocycles. The monoisotopic (exact) mass is 460 g/mol. The van der Waals surface area contributed by atoms with Gasteiger partial charge in [-0.05, 0) is 54.3 Å². The van der Waals surface area contributed by atoms with Crippen LogP contribution < -0.4 is 10.6 Å². The van der Waals surface area contributed by atoms with Gasteiger partial charge in [-0.15, -0.1) is 0 Å². The van der Waals surface area contributed by atoms with Crippen molar-refractivity contribution in [1.29, 1.82) is 0 Å². The molecule has 1 atom stereocenters. The van der Waals surface area contributed by atoms with Crippen molar-refractivity contribution in [1.82, 2.24) is 15.5 Å². The van der Waals surface area contributed by atoms with Crippen molar-refractivity contribution in [2.24, 2.45) is 0 Å². The molecule has 0 spiro atoms. The zero-order chi connectivity index (χ0) is 22.7. The lowest BCUT2D eigenvalue weighted by molar-refractivity contribution is 0.102. The maximum atomic E-state index is 14.6. The Balaban J connectivity index is 1.44. The van der Waals surface area contributed by atoms with Gasteiger partial charge in [0.2, 0.25) is 0 Å². The Kier molecular flexibility index (Phi) is 6.36. The molecule has 32 heavy (non-hydrogen) atoms. The molecule has 1 aliphatic carbocycles. The Morgan fingerprint density at radius 1 is 1.22 bits per heavy atom. The van der Waals surface area contributed by atoms with E-state index in [4.69, 9.17) is 16.3 Å². The lowest BCUT2D eigenvalue weighted by atomic mass is 10.0. The number of anilines is 1. The maximum absolute atomic E-state index is 14.6. The molecule has 0 unspecified atom stereocenters. The molecule has 7 nitrogen and oxygen atoms in total. The van der Waals surface area contributed by atoms with Gasteiger partial charge in [-0.25, -0.2) is 13.6 Å². The second-order valence-corrected chi connectivity index (χ2v) is 7.71. The second kappa shape index (κ2) is 9.35. The predicted octanol–water partition coefficient (Wildman–Crippen LogP) is 4.55. The number of hydrogen-bond acceptors (Lipinski definition) is 4. The molecule has 0 saturated heterocycles. The highest BCUT2D eigenvalue weighted by molar-refractivity contribution is 6.31. The fourth-order valence-electron chi connectivity index (χ4n) is 3.70. The van der Waals surface area contributed by atoms with Gasteiger partial charge in [0.1, 0.15) is 11.6 Å². The lowest BCUT2D eigenvalue weighted by Crippen LogP contribution is -2.29. The smallest absolute Gasteiger partial charge is 0.407 e. The molecule has 0 radical (unpaired) electrons. The quantitative estimate of drug-likeness (QED) is 0.503. The Morgan fingerprint density at radius 3 is 2.78 bits per heavy atom. The molecule has 3 N–H and O–H groups in total. The summed E-state index contributed by atoms with van der Waals surface area (Å²) in [6.07, 6.45) is 4.00. The van der Waals surface area contributed by atoms with E-state index in [0.29, 0.717) is 30.5 Å². The van der Waals surface area contributed by atoms with E-state index in [1.165, 1.54) is 24.3 Å². The van der Waals surface area contributed by atoms with Crippen molar-refractivity contribution >= 4 is 29.3 Å². The van der Waals surface area contributed by atoms with Crippen LogP contribution >= 0.6 is 11.6 Å². The molecular formula is C22H19ClF2N4O3. The number of amides is 2. The van der Waals surface area contributed by atoms with Crippen LogP contribution in [0.4, 0.5) is 19.3 Å². The molecule has 0 fully saturated rings. The lowest BCUT2D eigenvalue weighted by Gasteiger charge is -2.16. The maximum Gasteiger partial charge on any atom is 0.407 e. The minimum absolute atomic E-state index is 0.123. The number of H-pyrrole nitrogens is 1. The zero-order valence-corrected chi connectivity index (χ0v) is 17.5. The Morgan fingerprint density at radius 2 is 2.03 bits per heavy atom. The largest absolute Gasteiger partial charge is 0.449 e. The van der Waals surface area contributed by atoms with E-state index in [-0.39, 0.29) is 22.8 Å². The number of hydrogen-bond donors (Lipinski definition) is 3. The van der Waals surface area contributed by atoms with Crippen molar-refractivity contribution in [3.8, 4) is 0 Å². The summed E-state index contributed by atoms with van der Waals surface area (Å²) >= 11 is 5.76. The van der Waals surface area contributed by atoms with Gasteiger partial charge in [-0.2, -0.15) is 5.10 Å². The molecule has 2 amide bonds. The first-order valence-electron chi connectivity index (χ1n) is 9.91. The third-order valence-electron chi connectivity index (χ3n) is 5.23. The van der Waals surface area contributed by atoms with Crippen molar-refractivity contribution in [2.45, 2.75) is 25.3 Å². The minimum Gasteiger partial charge on any atom is -0.449 e. The molecule has 1 aliphatic rings. The third-order valence-corrected chi connectivity index (χ3v) is 5.52. The molecule has 1 aromatic heterocycles. The molecule has 3 aromatic rings. The number of carbonyl (C=O) groups excluding carboxylic acids is 2. The van der Waals surface area contributed by atoms with Crippen LogP contribution in [0.25, 0.3) is 0 Å². The standard InChI is InChI=1S/C22H19ClF2N4O3/c23-16-9-13(1-4-17(16)24)28-21(30)15-2-5-18(25)20-14(15)3-6-19(20)29-22(31)32-8-7-12-10-26-27-11-12/h1-2,4-5,9-11,19H,3,6-8H2,(H,26,27)(H,28,30)(H,29,31)/t19-/m0/s1. The summed E-state index contributed by atoms with van der Waals surface area (Å²) in [7, 11) is 0. The van der Waals surface area contributed by atoms with E-state index in [1.54, 1.807) is 12.4 Å². The highest BCUT2D eigenvalue weighted by Gasteiger charge is 2.31. The molecule has 0 bridgehead atoms. The fraction of sp³-hybridized carbons (Fsp3) is 0.227. The molecule has 166 valence electrons. The SMILES string of the molecule is O=C(N[C@H]1CCc2c(C(=O)Nc3ccc(F)c(Cl)c3)ccc(F)c21)OCCc1cn[nH]c1. The van der Waals surface area contributed by atoms with Crippen LogP contribution in [0.5, 0.6) is 0 Å². The Bertz CT molecular complexity index is 1150. The fourth-order valence-corrected chi connectivity index (χ4v) is 3.88. The van der Waals surface area contributed by atoms with E-state index in [0.717, 1.165) is 11.6 Å². The first-order chi connectivity index (χ1) is 15.4. The highest BCUT2D eigenvalue weighted by atomic mass is 35.5. The number of benzene rings is 2. The van der Waals surface area contributed by atoms with Gasteiger partial charge in [-0.1, -0.05) is 11.6 Å². The van der Waals surface area contributed by atoms with Gasteiger partial charge in [0.05, 0.1) is 23.9 Å². The van der Waals surface area contributed by atoms with E-state index < -0.39 is 29.7 Å². The number of aromatic nitrogens is 2. The summed E-state index contributed by atoms with van der Waals surface area (Å²) in [4.78, 5) is 24.9. The number of nitrogens with zero attached hydrogens (tertiary/aromatic N) is 1. The summed E-state index contributed by atoms with van der Waals surface area (Å²) < 4.78 is 33.1. The zero-order valence-electron chi connectivity index (χ0n) is 16.8. The van der Waals surface area contributed by atoms with Gasteiger partial charge >= 0.3 is 6.09 Å². The van der Waals surface area contributed by atoms with E-state index >= 15 is 0 Å². The van der Waals surface area contributed by atoms with Gasteiger partial charge in [0.15, 0.2) is 0 Å². The van der Waals surface area contributed by atoms with Crippen molar-refractivity contribution in [3.05, 3.63) is 81.6 Å². The number of ether oxygens (including phenoxy) is 1. The van der Waals surface area contributed by atoms with E-state index in [1.807, 2.05) is 0 Å². The summed E-state index contributed by atoms with van der Waals surface area (Å²) in [6, 6.07) is 5.79. The average Bonchev–Trinajstić information content (AvgIpc) is 3.42. The number of halogens is 3. The summed E-state index contributed by atoms with van der Waals surface area (Å²) in [6.45, 7) is 0.149. The van der Waals surface area contributed by atoms with Gasteiger partial charge in [0.25, 0.3) is 5.91 Å². The van der Waals surface area contributed by atoms with E-state index in [2.05, 4.69) is 20.8 Å². The van der Waals surface area contributed by atoms with Crippen molar-refractivity contribution < 1.29 is 23.1 Å². The number of rotatable bonds is 6. The Labute approximate surface area is 187 Å². The number of carbonyl (C=O) groups is 2. The normalized spacial score (nSPS) is 14.7. The van der Waals surface area contributed by atoms with Crippen LogP contribution in [-0.4, -0.2) is 28.8 Å². The number of fused-ring (bicyclic) bond motifs is 1. The number of nitrogens with one attached hydrogen (secondary N) is 3. The predicted molar refractivity (Wildman–Crippen MR) is 114 cm³/mol. The van der Waals surface area contributed by atoms with Crippen LogP contribution in [0.3, 0.4) is 0 Å². The van der Waals surface area contributed by atoms with Crippen LogP contribution in [0.1, 0.15) is 39.5 Å². The molecular weight excluding hydrogens is 442 g/mol. The first kappa shape index (κ1) is 21.8. The topological polar surface area (TPSA) is 96.1 Å². The summed E-state index contributed by atoms with van der Waals surface area (Å²) in [5.74, 6) is -1.59. The van der Waals surface area contributed by atoms with Crippen molar-refractivity contribution in [2.75, 3.05) is 11.9 Å². The first-order valence-corrected chi connectivity index (χ1v) is 10.3. The number of alkyl carbamates (subject to hydrolysis) is 1. The van der Waals surface area contributed by atoms with Gasteiger partial charge < -0.3 is 15.4 Å². The second-order valence-electron chi connectivity index (χ2n) is 7.30. The molecule has 0 aliphatic heterocycles. The summed E-state index contributed by atoms with van der Waals surface area (Å²) in [5.41, 5.74) is 2.27. The van der Waals surface area contributed by atoms with Crippen LogP contribution in [0.2, 0.25) is 5.02 Å².